The number of rotatable bonds is 5. The number of hydrogen-bond donors (Lipinski definition) is 3. The van der Waals surface area contributed by atoms with Crippen LogP contribution < -0.4 is 16.4 Å². The Labute approximate surface area is 84.3 Å². The Hall–Kier alpha value is -0.840. The second-order valence-corrected chi connectivity index (χ2v) is 3.23. The number of carbonyl (C=O) groups is 1. The van der Waals surface area contributed by atoms with E-state index in [-0.39, 0.29) is 12.1 Å². The number of amides is 2. The minimum Gasteiger partial charge on any atom is -0.392 e. The highest BCUT2D eigenvalue weighted by Crippen LogP contribution is 1.90. The number of nitrogens with one attached hydrogen (secondary N) is 2. The summed E-state index contributed by atoms with van der Waals surface area (Å²) in [6.07, 6.45) is 1.63. The summed E-state index contributed by atoms with van der Waals surface area (Å²) in [7, 11) is 0. The summed E-state index contributed by atoms with van der Waals surface area (Å²) in [5.74, 6) is 0. The van der Waals surface area contributed by atoms with E-state index in [1.54, 1.807) is 0 Å². The van der Waals surface area contributed by atoms with Crippen LogP contribution in [0.25, 0.3) is 0 Å². The van der Waals surface area contributed by atoms with Crippen LogP contribution >= 0.6 is 12.2 Å². The molecule has 0 aliphatic heterocycles. The van der Waals surface area contributed by atoms with E-state index in [1.807, 2.05) is 13.8 Å². The van der Waals surface area contributed by atoms with E-state index in [0.717, 1.165) is 12.8 Å². The number of thiocarbonyl (C=S) groups is 1. The molecule has 4 N–H and O–H groups in total. The Kier molecular flexibility index (Phi) is 6.22. The maximum absolute atomic E-state index is 11.1. The van der Waals surface area contributed by atoms with Gasteiger partial charge in [-0.05, 0) is 12.8 Å². The molecule has 0 aromatic heterocycles. The summed E-state index contributed by atoms with van der Waals surface area (Å²) >= 11 is 4.78. The van der Waals surface area contributed by atoms with E-state index in [2.05, 4.69) is 10.6 Å². The fourth-order valence-corrected chi connectivity index (χ4v) is 1.05. The molecule has 2 amide bonds. The van der Waals surface area contributed by atoms with Crippen molar-refractivity contribution in [1.82, 2.24) is 10.6 Å². The quantitative estimate of drug-likeness (QED) is 0.578. The zero-order valence-electron chi connectivity index (χ0n) is 8.09. The zero-order chi connectivity index (χ0) is 10.3. The maximum atomic E-state index is 11.1. The average Bonchev–Trinajstić information content (AvgIpc) is 2.10. The summed E-state index contributed by atoms with van der Waals surface area (Å²) in [5, 5.41) is 5.37. The molecular formula is C8H17N3OS. The molecule has 0 aliphatic carbocycles. The van der Waals surface area contributed by atoms with Gasteiger partial charge >= 0.3 is 6.03 Å². The van der Waals surface area contributed by atoms with E-state index in [4.69, 9.17) is 18.0 Å². The van der Waals surface area contributed by atoms with Crippen molar-refractivity contribution < 1.29 is 4.79 Å². The molecule has 0 spiro atoms. The van der Waals surface area contributed by atoms with Gasteiger partial charge in [-0.3, -0.25) is 0 Å². The lowest BCUT2D eigenvalue weighted by Gasteiger charge is -2.15. The van der Waals surface area contributed by atoms with Crippen LogP contribution in [0, 0.1) is 0 Å². The van der Waals surface area contributed by atoms with E-state index in [9.17, 15) is 4.79 Å². The molecule has 0 heterocycles. The maximum Gasteiger partial charge on any atom is 0.315 e. The number of nitrogens with two attached hydrogens (primary N) is 1. The molecule has 0 radical (unpaired) electrons. The summed E-state index contributed by atoms with van der Waals surface area (Å²) in [6, 6.07) is -0.409. The van der Waals surface area contributed by atoms with Crippen molar-refractivity contribution in [1.29, 1.82) is 0 Å². The first-order chi connectivity index (χ1) is 6.11. The van der Waals surface area contributed by atoms with Crippen molar-refractivity contribution in [3.63, 3.8) is 0 Å². The van der Waals surface area contributed by atoms with E-state index in [1.165, 1.54) is 0 Å². The van der Waals surface area contributed by atoms with Crippen LogP contribution in [0.15, 0.2) is 0 Å². The standard InChI is InChI=1S/C8H17N3OS/c1-3-5-10-8(12)11-6(4-2)7(9)13/h6H,3-5H2,1-2H3,(H2,9,13)(H2,10,11,12). The molecule has 0 saturated carbocycles. The first-order valence-electron chi connectivity index (χ1n) is 4.45. The molecule has 1 atom stereocenters. The van der Waals surface area contributed by atoms with Gasteiger partial charge in [0.1, 0.15) is 0 Å². The molecule has 0 fully saturated rings. The van der Waals surface area contributed by atoms with Crippen molar-refractivity contribution in [3.05, 3.63) is 0 Å². The Morgan fingerprint density at radius 3 is 2.54 bits per heavy atom. The Bertz CT molecular complexity index is 184. The van der Waals surface area contributed by atoms with Gasteiger partial charge in [-0.15, -0.1) is 0 Å². The largest absolute Gasteiger partial charge is 0.392 e. The van der Waals surface area contributed by atoms with Crippen LogP contribution in [0.3, 0.4) is 0 Å². The smallest absolute Gasteiger partial charge is 0.315 e. The molecule has 13 heavy (non-hydrogen) atoms. The molecule has 4 nitrogen and oxygen atoms in total. The van der Waals surface area contributed by atoms with E-state index >= 15 is 0 Å². The lowest BCUT2D eigenvalue weighted by Crippen LogP contribution is -2.47. The summed E-state index contributed by atoms with van der Waals surface area (Å²) in [5.41, 5.74) is 5.41. The summed E-state index contributed by atoms with van der Waals surface area (Å²) < 4.78 is 0. The van der Waals surface area contributed by atoms with Gasteiger partial charge in [0.25, 0.3) is 0 Å². The monoisotopic (exact) mass is 203 g/mol. The molecule has 0 saturated heterocycles. The molecule has 0 bridgehead atoms. The average molecular weight is 203 g/mol. The normalized spacial score (nSPS) is 11.8. The van der Waals surface area contributed by atoms with Gasteiger partial charge in [-0.2, -0.15) is 0 Å². The number of hydrogen-bond acceptors (Lipinski definition) is 2. The molecule has 1 unspecified atom stereocenters. The topological polar surface area (TPSA) is 67.2 Å². The molecular weight excluding hydrogens is 186 g/mol. The van der Waals surface area contributed by atoms with Gasteiger partial charge in [0.2, 0.25) is 0 Å². The number of urea groups is 1. The molecule has 5 heteroatoms. The Morgan fingerprint density at radius 2 is 2.15 bits per heavy atom. The molecule has 76 valence electrons. The van der Waals surface area contributed by atoms with Crippen molar-refractivity contribution in [2.24, 2.45) is 5.73 Å². The third kappa shape index (κ3) is 5.41. The summed E-state index contributed by atoms with van der Waals surface area (Å²) in [4.78, 5) is 11.5. The molecule has 0 aromatic rings. The first-order valence-corrected chi connectivity index (χ1v) is 4.86. The van der Waals surface area contributed by atoms with Crippen LogP contribution in [0.2, 0.25) is 0 Å². The fourth-order valence-electron chi connectivity index (χ4n) is 0.822. The lowest BCUT2D eigenvalue weighted by atomic mass is 10.2. The van der Waals surface area contributed by atoms with Crippen molar-refractivity contribution in [3.8, 4) is 0 Å². The van der Waals surface area contributed by atoms with Crippen molar-refractivity contribution >= 4 is 23.2 Å². The molecule has 0 rings (SSSR count). The lowest BCUT2D eigenvalue weighted by molar-refractivity contribution is 0.239. The number of carbonyl (C=O) groups excluding carboxylic acids is 1. The fraction of sp³-hybridized carbons (Fsp3) is 0.750. The van der Waals surface area contributed by atoms with Gasteiger partial charge in [-0.25, -0.2) is 4.79 Å². The minimum atomic E-state index is -0.207. The van der Waals surface area contributed by atoms with Crippen LogP contribution in [0.5, 0.6) is 0 Å². The van der Waals surface area contributed by atoms with Crippen molar-refractivity contribution in [2.75, 3.05) is 6.54 Å². The first kappa shape index (κ1) is 12.2. The van der Waals surface area contributed by atoms with Crippen molar-refractivity contribution in [2.45, 2.75) is 32.7 Å². The van der Waals surface area contributed by atoms with Gasteiger partial charge in [0.05, 0.1) is 11.0 Å². The predicted octanol–water partition coefficient (Wildman–Crippen LogP) is 0.760. The van der Waals surface area contributed by atoms with Crippen LogP contribution in [-0.4, -0.2) is 23.6 Å². The highest BCUT2D eigenvalue weighted by molar-refractivity contribution is 7.80. The highest BCUT2D eigenvalue weighted by Gasteiger charge is 2.11. The zero-order valence-corrected chi connectivity index (χ0v) is 8.91. The van der Waals surface area contributed by atoms with E-state index < -0.39 is 0 Å². The second kappa shape index (κ2) is 6.65. The summed E-state index contributed by atoms with van der Waals surface area (Å²) in [6.45, 7) is 4.58. The third-order valence-corrected chi connectivity index (χ3v) is 1.88. The van der Waals surface area contributed by atoms with Crippen LogP contribution in [-0.2, 0) is 0 Å². The Morgan fingerprint density at radius 1 is 1.54 bits per heavy atom. The molecule has 0 aromatic carbocycles. The second-order valence-electron chi connectivity index (χ2n) is 2.76. The van der Waals surface area contributed by atoms with Gasteiger partial charge in [0, 0.05) is 6.54 Å². The highest BCUT2D eigenvalue weighted by atomic mass is 32.1. The van der Waals surface area contributed by atoms with Crippen LogP contribution in [0.1, 0.15) is 26.7 Å². The predicted molar refractivity (Wildman–Crippen MR) is 57.7 cm³/mol. The Balaban J connectivity index is 3.80. The van der Waals surface area contributed by atoms with Crippen LogP contribution in [0.4, 0.5) is 4.79 Å². The van der Waals surface area contributed by atoms with Gasteiger partial charge < -0.3 is 16.4 Å². The van der Waals surface area contributed by atoms with Gasteiger partial charge in [0.15, 0.2) is 0 Å². The SMILES string of the molecule is CCCNC(=O)NC(CC)C(N)=S. The molecule has 0 aliphatic rings. The minimum absolute atomic E-state index is 0.202. The van der Waals surface area contributed by atoms with Gasteiger partial charge in [-0.1, -0.05) is 26.1 Å². The van der Waals surface area contributed by atoms with E-state index in [0.29, 0.717) is 11.5 Å². The third-order valence-electron chi connectivity index (χ3n) is 1.59.